The topological polar surface area (TPSA) is 73.9 Å². The molecule has 0 aliphatic carbocycles. The van der Waals surface area contributed by atoms with E-state index in [9.17, 15) is 9.59 Å². The molecule has 2 amide bonds. The zero-order valence-corrected chi connectivity index (χ0v) is 20.0. The molecule has 7 nitrogen and oxygen atoms in total. The SMILES string of the molecule is CC(C)NC(=O)COc1cc2ccccc2cc1C(=O)Nc1ccc(N2CCN(C)CC2)cc1. The van der Waals surface area contributed by atoms with Crippen LogP contribution in [0.25, 0.3) is 10.8 Å². The number of nitrogens with zero attached hydrogens (tertiary/aromatic N) is 2. The summed E-state index contributed by atoms with van der Waals surface area (Å²) >= 11 is 0. The summed E-state index contributed by atoms with van der Waals surface area (Å²) in [6.07, 6.45) is 0. The van der Waals surface area contributed by atoms with Gasteiger partial charge in [0, 0.05) is 43.6 Å². The largest absolute Gasteiger partial charge is 0.483 e. The molecule has 34 heavy (non-hydrogen) atoms. The van der Waals surface area contributed by atoms with Crippen molar-refractivity contribution < 1.29 is 14.3 Å². The standard InChI is InChI=1S/C27H32N4O3/c1-19(2)28-26(32)18-34-25-17-21-7-5-4-6-20(21)16-24(25)27(33)29-22-8-10-23(11-9-22)31-14-12-30(3)13-15-31/h4-11,16-17,19H,12-15,18H2,1-3H3,(H,28,32)(H,29,33). The van der Waals surface area contributed by atoms with Gasteiger partial charge >= 0.3 is 0 Å². The van der Waals surface area contributed by atoms with Crippen LogP contribution >= 0.6 is 0 Å². The summed E-state index contributed by atoms with van der Waals surface area (Å²) in [5.41, 5.74) is 2.25. The number of benzene rings is 3. The Morgan fingerprint density at radius 1 is 0.941 bits per heavy atom. The molecule has 0 aromatic heterocycles. The van der Waals surface area contributed by atoms with Crippen molar-refractivity contribution in [1.82, 2.24) is 10.2 Å². The normalized spacial score (nSPS) is 14.3. The predicted molar refractivity (Wildman–Crippen MR) is 137 cm³/mol. The lowest BCUT2D eigenvalue weighted by molar-refractivity contribution is -0.123. The van der Waals surface area contributed by atoms with Gasteiger partial charge in [-0.2, -0.15) is 0 Å². The van der Waals surface area contributed by atoms with Crippen molar-refractivity contribution in [2.75, 3.05) is 50.1 Å². The Kier molecular flexibility index (Phi) is 7.33. The number of hydrogen-bond donors (Lipinski definition) is 2. The van der Waals surface area contributed by atoms with Crippen molar-refractivity contribution in [2.45, 2.75) is 19.9 Å². The maximum Gasteiger partial charge on any atom is 0.259 e. The fourth-order valence-electron chi connectivity index (χ4n) is 4.04. The van der Waals surface area contributed by atoms with E-state index in [4.69, 9.17) is 4.74 Å². The minimum absolute atomic E-state index is 0.0179. The number of amides is 2. The molecule has 1 aliphatic heterocycles. The third-order valence-corrected chi connectivity index (χ3v) is 5.89. The molecular formula is C27H32N4O3. The van der Waals surface area contributed by atoms with Crippen molar-refractivity contribution in [3.8, 4) is 5.75 Å². The fraction of sp³-hybridized carbons (Fsp3) is 0.333. The van der Waals surface area contributed by atoms with Crippen molar-refractivity contribution >= 4 is 34.0 Å². The van der Waals surface area contributed by atoms with Crippen LogP contribution in [0.3, 0.4) is 0 Å². The number of carbonyl (C=O) groups excluding carboxylic acids is 2. The van der Waals surface area contributed by atoms with Gasteiger partial charge in [-0.25, -0.2) is 0 Å². The summed E-state index contributed by atoms with van der Waals surface area (Å²) in [5.74, 6) is -0.129. The Balaban J connectivity index is 1.51. The molecule has 1 saturated heterocycles. The van der Waals surface area contributed by atoms with E-state index in [-0.39, 0.29) is 24.5 Å². The highest BCUT2D eigenvalue weighted by Gasteiger charge is 2.17. The Morgan fingerprint density at radius 2 is 1.59 bits per heavy atom. The molecule has 1 aliphatic rings. The van der Waals surface area contributed by atoms with Crippen LogP contribution in [0.1, 0.15) is 24.2 Å². The number of hydrogen-bond acceptors (Lipinski definition) is 5. The van der Waals surface area contributed by atoms with Gasteiger partial charge in [0.15, 0.2) is 6.61 Å². The summed E-state index contributed by atoms with van der Waals surface area (Å²) in [7, 11) is 2.14. The number of likely N-dealkylation sites (N-methyl/N-ethyl adjacent to an activating group) is 1. The van der Waals surface area contributed by atoms with Gasteiger partial charge in [0.25, 0.3) is 11.8 Å². The number of nitrogens with one attached hydrogen (secondary N) is 2. The lowest BCUT2D eigenvalue weighted by Crippen LogP contribution is -2.44. The van der Waals surface area contributed by atoms with E-state index >= 15 is 0 Å². The quantitative estimate of drug-likeness (QED) is 0.562. The zero-order valence-electron chi connectivity index (χ0n) is 20.0. The monoisotopic (exact) mass is 460 g/mol. The first-order valence-electron chi connectivity index (χ1n) is 11.7. The number of fused-ring (bicyclic) bond motifs is 1. The smallest absolute Gasteiger partial charge is 0.259 e. The average molecular weight is 461 g/mol. The molecule has 4 rings (SSSR count). The van der Waals surface area contributed by atoms with E-state index < -0.39 is 0 Å². The van der Waals surface area contributed by atoms with Gasteiger partial charge in [-0.05, 0) is 68.1 Å². The molecule has 2 N–H and O–H groups in total. The summed E-state index contributed by atoms with van der Waals surface area (Å²) in [6.45, 7) is 7.69. The molecule has 0 radical (unpaired) electrons. The van der Waals surface area contributed by atoms with Crippen LogP contribution in [0.4, 0.5) is 11.4 Å². The van der Waals surface area contributed by atoms with Crippen LogP contribution in [0.5, 0.6) is 5.75 Å². The van der Waals surface area contributed by atoms with Crippen LogP contribution in [-0.2, 0) is 4.79 Å². The minimum atomic E-state index is -0.280. The molecular weight excluding hydrogens is 428 g/mol. The molecule has 0 saturated carbocycles. The van der Waals surface area contributed by atoms with Crippen molar-refractivity contribution in [3.05, 3.63) is 66.2 Å². The predicted octanol–water partition coefficient (Wildman–Crippen LogP) is 3.75. The number of piperazine rings is 1. The van der Waals surface area contributed by atoms with Crippen molar-refractivity contribution in [3.63, 3.8) is 0 Å². The van der Waals surface area contributed by atoms with E-state index in [2.05, 4.69) is 27.5 Å². The van der Waals surface area contributed by atoms with Gasteiger partial charge in [0.1, 0.15) is 5.75 Å². The fourth-order valence-corrected chi connectivity index (χ4v) is 4.04. The maximum absolute atomic E-state index is 13.2. The van der Waals surface area contributed by atoms with Crippen LogP contribution in [0.15, 0.2) is 60.7 Å². The van der Waals surface area contributed by atoms with Crippen LogP contribution in [-0.4, -0.2) is 62.6 Å². The summed E-state index contributed by atoms with van der Waals surface area (Å²) in [6, 6.07) is 19.3. The second-order valence-electron chi connectivity index (χ2n) is 9.00. The highest BCUT2D eigenvalue weighted by molar-refractivity contribution is 6.08. The van der Waals surface area contributed by atoms with Crippen LogP contribution in [0.2, 0.25) is 0 Å². The van der Waals surface area contributed by atoms with Gasteiger partial charge in [-0.15, -0.1) is 0 Å². The molecule has 178 valence electrons. The second kappa shape index (κ2) is 10.6. The lowest BCUT2D eigenvalue weighted by Gasteiger charge is -2.34. The molecule has 3 aromatic carbocycles. The minimum Gasteiger partial charge on any atom is -0.483 e. The van der Waals surface area contributed by atoms with E-state index in [1.54, 1.807) is 6.07 Å². The summed E-state index contributed by atoms with van der Waals surface area (Å²) in [4.78, 5) is 30.0. The van der Waals surface area contributed by atoms with Crippen LogP contribution in [0, 0.1) is 0 Å². The number of carbonyl (C=O) groups is 2. The van der Waals surface area contributed by atoms with Crippen LogP contribution < -0.4 is 20.3 Å². The third-order valence-electron chi connectivity index (χ3n) is 5.89. The van der Waals surface area contributed by atoms with E-state index in [1.165, 1.54) is 0 Å². The highest BCUT2D eigenvalue weighted by Crippen LogP contribution is 2.28. The second-order valence-corrected chi connectivity index (χ2v) is 9.00. The van der Waals surface area contributed by atoms with E-state index in [0.717, 1.165) is 42.6 Å². The van der Waals surface area contributed by atoms with Gasteiger partial charge in [0.2, 0.25) is 0 Å². The Hall–Kier alpha value is -3.58. The summed E-state index contributed by atoms with van der Waals surface area (Å²) < 4.78 is 5.79. The van der Waals surface area contributed by atoms with Gasteiger partial charge in [0.05, 0.1) is 5.56 Å². The van der Waals surface area contributed by atoms with E-state index in [1.807, 2.05) is 68.4 Å². The average Bonchev–Trinajstić information content (AvgIpc) is 2.83. The number of rotatable bonds is 7. The van der Waals surface area contributed by atoms with Gasteiger partial charge in [-0.1, -0.05) is 24.3 Å². The molecule has 7 heteroatoms. The molecule has 1 fully saturated rings. The highest BCUT2D eigenvalue weighted by atomic mass is 16.5. The zero-order chi connectivity index (χ0) is 24.1. The first-order chi connectivity index (χ1) is 16.4. The Bertz CT molecular complexity index is 1150. The van der Waals surface area contributed by atoms with Crippen molar-refractivity contribution in [1.29, 1.82) is 0 Å². The molecule has 1 heterocycles. The molecule has 0 bridgehead atoms. The summed E-state index contributed by atoms with van der Waals surface area (Å²) in [5, 5.41) is 7.64. The Labute approximate surface area is 200 Å². The first-order valence-corrected chi connectivity index (χ1v) is 11.7. The van der Waals surface area contributed by atoms with Crippen molar-refractivity contribution in [2.24, 2.45) is 0 Å². The number of anilines is 2. The van der Waals surface area contributed by atoms with E-state index in [0.29, 0.717) is 17.0 Å². The Morgan fingerprint density at radius 3 is 2.24 bits per heavy atom. The maximum atomic E-state index is 13.2. The third kappa shape index (κ3) is 5.85. The molecule has 0 unspecified atom stereocenters. The van der Waals surface area contributed by atoms with Gasteiger partial charge < -0.3 is 25.2 Å². The molecule has 3 aromatic rings. The molecule has 0 atom stereocenters. The lowest BCUT2D eigenvalue weighted by atomic mass is 10.1. The molecule has 0 spiro atoms. The number of ether oxygens (including phenoxy) is 1. The van der Waals surface area contributed by atoms with Gasteiger partial charge in [-0.3, -0.25) is 9.59 Å². The first kappa shape index (κ1) is 23.6.